The van der Waals surface area contributed by atoms with Gasteiger partial charge in [-0.1, -0.05) is 57.2 Å². The van der Waals surface area contributed by atoms with E-state index in [9.17, 15) is 4.79 Å². The Morgan fingerprint density at radius 3 is 2.29 bits per heavy atom. The predicted octanol–water partition coefficient (Wildman–Crippen LogP) is 4.77. The Kier molecular flexibility index (Phi) is 10.0. The number of rotatable bonds is 7. The van der Waals surface area contributed by atoms with Crippen molar-refractivity contribution in [3.63, 3.8) is 0 Å². The van der Waals surface area contributed by atoms with Gasteiger partial charge in [-0.05, 0) is 53.6 Å². The minimum Gasteiger partial charge on any atom is -0.351 e. The van der Waals surface area contributed by atoms with Crippen LogP contribution in [0, 0.1) is 0 Å². The number of halogens is 2. The fraction of sp³-hybridized carbons (Fsp3) is 0.375. The first kappa shape index (κ1) is 27.0. The van der Waals surface area contributed by atoms with Gasteiger partial charge in [0.05, 0.1) is 0 Å². The highest BCUT2D eigenvalue weighted by molar-refractivity contribution is 5.98. The van der Waals surface area contributed by atoms with Gasteiger partial charge in [0.15, 0.2) is 0 Å². The van der Waals surface area contributed by atoms with Gasteiger partial charge in [0.1, 0.15) is 5.69 Å². The fourth-order valence-electron chi connectivity index (χ4n) is 3.39. The molecule has 1 atom stereocenters. The third-order valence-electron chi connectivity index (χ3n) is 5.26. The van der Waals surface area contributed by atoms with Crippen LogP contribution in [0.5, 0.6) is 0 Å². The zero-order valence-electron chi connectivity index (χ0n) is 18.4. The summed E-state index contributed by atoms with van der Waals surface area (Å²) in [5.74, 6) is -0.138. The minimum atomic E-state index is -0.138. The Bertz CT molecular complexity index is 977. The zero-order valence-corrected chi connectivity index (χ0v) is 20.0. The lowest BCUT2D eigenvalue weighted by Gasteiger charge is -2.19. The molecule has 0 spiro atoms. The van der Waals surface area contributed by atoms with Crippen LogP contribution in [-0.4, -0.2) is 30.0 Å². The van der Waals surface area contributed by atoms with Gasteiger partial charge in [0.2, 0.25) is 0 Å². The van der Waals surface area contributed by atoms with E-state index in [2.05, 4.69) is 67.5 Å². The van der Waals surface area contributed by atoms with Gasteiger partial charge >= 0.3 is 0 Å². The van der Waals surface area contributed by atoms with Crippen molar-refractivity contribution in [2.24, 2.45) is 11.5 Å². The van der Waals surface area contributed by atoms with Crippen LogP contribution in [0.4, 0.5) is 0 Å². The summed E-state index contributed by atoms with van der Waals surface area (Å²) in [6.45, 7) is 7.70. The molecule has 0 fully saturated rings. The van der Waals surface area contributed by atoms with Gasteiger partial charge in [-0.25, -0.2) is 0 Å². The van der Waals surface area contributed by atoms with Crippen LogP contribution in [0.2, 0.25) is 0 Å². The molecule has 1 heterocycles. The number of hydrogen-bond acceptors (Lipinski definition) is 3. The van der Waals surface area contributed by atoms with Crippen molar-refractivity contribution in [2.75, 3.05) is 13.1 Å². The highest BCUT2D eigenvalue weighted by Gasteiger charge is 2.14. The maximum absolute atomic E-state index is 12.5. The number of benzene rings is 2. The first-order valence-electron chi connectivity index (χ1n) is 10.3. The van der Waals surface area contributed by atoms with Crippen LogP contribution in [0.3, 0.4) is 0 Å². The van der Waals surface area contributed by atoms with Gasteiger partial charge in [-0.2, -0.15) is 0 Å². The van der Waals surface area contributed by atoms with Crippen LogP contribution < -0.4 is 16.8 Å². The summed E-state index contributed by atoms with van der Waals surface area (Å²) in [6.07, 6.45) is 1.67. The largest absolute Gasteiger partial charge is 0.351 e. The molecule has 3 rings (SSSR count). The Morgan fingerprint density at radius 2 is 1.68 bits per heavy atom. The number of fused-ring (bicyclic) bond motifs is 1. The van der Waals surface area contributed by atoms with E-state index in [1.54, 1.807) is 0 Å². The highest BCUT2D eigenvalue weighted by atomic mass is 35.5. The molecule has 170 valence electrons. The van der Waals surface area contributed by atoms with Crippen molar-refractivity contribution in [1.82, 2.24) is 10.3 Å². The lowest BCUT2D eigenvalue weighted by molar-refractivity contribution is 0.0946. The van der Waals surface area contributed by atoms with E-state index in [0.717, 1.165) is 34.9 Å². The number of amides is 1. The smallest absolute Gasteiger partial charge is 0.267 e. The molecular weight excluding hydrogens is 431 g/mol. The molecule has 6 N–H and O–H groups in total. The molecule has 5 nitrogen and oxygen atoms in total. The topological polar surface area (TPSA) is 96.9 Å². The van der Waals surface area contributed by atoms with Crippen LogP contribution in [0.15, 0.2) is 48.5 Å². The molecule has 0 unspecified atom stereocenters. The van der Waals surface area contributed by atoms with Crippen LogP contribution >= 0.6 is 24.8 Å². The second kappa shape index (κ2) is 11.5. The average molecular weight is 465 g/mol. The molecule has 0 aliphatic carbocycles. The molecule has 3 aromatic rings. The van der Waals surface area contributed by atoms with Gasteiger partial charge in [-0.3, -0.25) is 4.79 Å². The van der Waals surface area contributed by atoms with Crippen molar-refractivity contribution in [3.8, 4) is 11.1 Å². The summed E-state index contributed by atoms with van der Waals surface area (Å²) in [5, 5.41) is 3.91. The zero-order chi connectivity index (χ0) is 21.0. The van der Waals surface area contributed by atoms with E-state index in [-0.39, 0.29) is 42.2 Å². The Balaban J connectivity index is 0.00000240. The summed E-state index contributed by atoms with van der Waals surface area (Å²) < 4.78 is 0. The number of aromatic amines is 1. The van der Waals surface area contributed by atoms with E-state index in [4.69, 9.17) is 11.5 Å². The summed E-state index contributed by atoms with van der Waals surface area (Å²) in [7, 11) is 0. The second-order valence-corrected chi connectivity index (χ2v) is 8.71. The molecule has 1 amide bonds. The Hall–Kier alpha value is -2.05. The second-order valence-electron chi connectivity index (χ2n) is 8.71. The standard InChI is InChI=1S/C24H32N4O.2ClH/c1-24(2,3)19-10-8-16(9-11-19)17-6-7-18-14-22(28-21(18)13-17)23(29)27-15-20(26)5-4-12-25;;/h6-11,13-14,20,28H,4-5,12,15,25-26H2,1-3H3,(H,27,29);2*1H/t20-;;/m0../s1. The van der Waals surface area contributed by atoms with Crippen molar-refractivity contribution in [2.45, 2.75) is 45.1 Å². The van der Waals surface area contributed by atoms with Crippen molar-refractivity contribution < 1.29 is 4.79 Å². The SMILES string of the molecule is CC(C)(C)c1ccc(-c2ccc3cc(C(=O)NC[C@@H](N)CCCN)[nH]c3c2)cc1.Cl.Cl. The maximum Gasteiger partial charge on any atom is 0.267 e. The summed E-state index contributed by atoms with van der Waals surface area (Å²) in [6, 6.07) is 16.7. The lowest BCUT2D eigenvalue weighted by Crippen LogP contribution is -2.37. The quantitative estimate of drug-likeness (QED) is 0.405. The van der Waals surface area contributed by atoms with E-state index in [0.29, 0.717) is 18.8 Å². The van der Waals surface area contributed by atoms with Crippen molar-refractivity contribution >= 4 is 41.6 Å². The number of carbonyl (C=O) groups excluding carboxylic acids is 1. The first-order valence-corrected chi connectivity index (χ1v) is 10.3. The highest BCUT2D eigenvalue weighted by Crippen LogP contribution is 2.28. The molecule has 0 aliphatic rings. The normalized spacial score (nSPS) is 12.0. The van der Waals surface area contributed by atoms with E-state index < -0.39 is 0 Å². The number of H-pyrrole nitrogens is 1. The number of aromatic nitrogens is 1. The molecule has 31 heavy (non-hydrogen) atoms. The number of hydrogen-bond donors (Lipinski definition) is 4. The third-order valence-corrected chi connectivity index (χ3v) is 5.26. The average Bonchev–Trinajstić information content (AvgIpc) is 3.13. The molecule has 2 aromatic carbocycles. The van der Waals surface area contributed by atoms with Gasteiger partial charge in [0.25, 0.3) is 5.91 Å². The Labute approximate surface area is 197 Å². The molecule has 0 saturated carbocycles. The number of nitrogens with two attached hydrogens (primary N) is 2. The van der Waals surface area contributed by atoms with Gasteiger partial charge in [-0.15, -0.1) is 24.8 Å². The van der Waals surface area contributed by atoms with Crippen molar-refractivity contribution in [1.29, 1.82) is 0 Å². The lowest BCUT2D eigenvalue weighted by atomic mass is 9.86. The number of carbonyl (C=O) groups is 1. The molecule has 0 aliphatic heterocycles. The molecular formula is C24H34Cl2N4O. The van der Waals surface area contributed by atoms with E-state index in [1.165, 1.54) is 5.56 Å². The number of nitrogens with one attached hydrogen (secondary N) is 2. The maximum atomic E-state index is 12.5. The molecule has 1 aromatic heterocycles. The molecule has 0 radical (unpaired) electrons. The summed E-state index contributed by atoms with van der Waals surface area (Å²) in [5.41, 5.74) is 16.7. The monoisotopic (exact) mass is 464 g/mol. The predicted molar refractivity (Wildman–Crippen MR) is 136 cm³/mol. The molecule has 7 heteroatoms. The third kappa shape index (κ3) is 6.97. The summed E-state index contributed by atoms with van der Waals surface area (Å²) in [4.78, 5) is 15.7. The molecule has 0 bridgehead atoms. The van der Waals surface area contributed by atoms with Crippen molar-refractivity contribution in [3.05, 3.63) is 59.8 Å². The van der Waals surface area contributed by atoms with Crippen LogP contribution in [0.1, 0.15) is 49.7 Å². The van der Waals surface area contributed by atoms with E-state index >= 15 is 0 Å². The molecule has 0 saturated heterocycles. The van der Waals surface area contributed by atoms with Crippen LogP contribution in [0.25, 0.3) is 22.0 Å². The van der Waals surface area contributed by atoms with Gasteiger partial charge < -0.3 is 21.8 Å². The van der Waals surface area contributed by atoms with E-state index in [1.807, 2.05) is 12.1 Å². The van der Waals surface area contributed by atoms with Crippen LogP contribution in [-0.2, 0) is 5.41 Å². The summed E-state index contributed by atoms with van der Waals surface area (Å²) >= 11 is 0. The Morgan fingerprint density at radius 1 is 1.03 bits per heavy atom. The fourth-order valence-corrected chi connectivity index (χ4v) is 3.39. The first-order chi connectivity index (χ1) is 13.8. The minimum absolute atomic E-state index is 0. The van der Waals surface area contributed by atoms with Gasteiger partial charge in [0, 0.05) is 23.5 Å².